The predicted molar refractivity (Wildman–Crippen MR) is 55.0 cm³/mol. The first-order valence-corrected chi connectivity index (χ1v) is 5.11. The molecule has 72 valence electrons. The number of aryl methyl sites for hydroxylation is 1. The van der Waals surface area contributed by atoms with Crippen molar-refractivity contribution in [1.82, 2.24) is 5.32 Å². The normalized spacial score (nSPS) is 16.4. The Balaban J connectivity index is 2.53. The molecule has 5 heteroatoms. The van der Waals surface area contributed by atoms with E-state index >= 15 is 0 Å². The second-order valence-corrected chi connectivity index (χ2v) is 4.55. The monoisotopic (exact) mass is 227 g/mol. The number of imide groups is 1. The number of nitrogens with one attached hydrogen (secondary N) is 1. The van der Waals surface area contributed by atoms with E-state index in [2.05, 4.69) is 5.32 Å². The van der Waals surface area contributed by atoms with Crippen molar-refractivity contribution in [3.63, 3.8) is 0 Å². The zero-order chi connectivity index (χ0) is 10.3. The second kappa shape index (κ2) is 3.22. The second-order valence-electron chi connectivity index (χ2n) is 2.88. The van der Waals surface area contributed by atoms with E-state index in [0.29, 0.717) is 0 Å². The van der Waals surface area contributed by atoms with Crippen molar-refractivity contribution < 1.29 is 9.59 Å². The van der Waals surface area contributed by atoms with Crippen LogP contribution in [0.4, 0.5) is 0 Å². The molecule has 0 saturated carbocycles. The average molecular weight is 228 g/mol. The van der Waals surface area contributed by atoms with Crippen LogP contribution < -0.4 is 5.32 Å². The topological polar surface area (TPSA) is 46.2 Å². The lowest BCUT2D eigenvalue weighted by Crippen LogP contribution is -2.22. The number of hydrogen-bond acceptors (Lipinski definition) is 3. The summed E-state index contributed by atoms with van der Waals surface area (Å²) in [5, 5.41) is 2.13. The van der Waals surface area contributed by atoms with Gasteiger partial charge in [0.15, 0.2) is 0 Å². The Morgan fingerprint density at radius 3 is 2.43 bits per heavy atom. The van der Waals surface area contributed by atoms with E-state index in [-0.39, 0.29) is 10.6 Å². The number of carbonyl (C=O) groups excluding carboxylic acids is 2. The average Bonchev–Trinajstić information content (AvgIpc) is 2.60. The Kier molecular flexibility index (Phi) is 2.17. The molecule has 0 radical (unpaired) electrons. The first-order chi connectivity index (χ1) is 6.59. The molecule has 1 aliphatic heterocycles. The molecule has 0 fully saturated rings. The van der Waals surface area contributed by atoms with E-state index in [1.807, 2.05) is 13.0 Å². The van der Waals surface area contributed by atoms with Crippen LogP contribution in [-0.4, -0.2) is 11.8 Å². The van der Waals surface area contributed by atoms with Gasteiger partial charge in [-0.05, 0) is 19.1 Å². The summed E-state index contributed by atoms with van der Waals surface area (Å²) in [6.07, 6.45) is 0. The fourth-order valence-corrected chi connectivity index (χ4v) is 2.43. The summed E-state index contributed by atoms with van der Waals surface area (Å²) >= 11 is 7.16. The molecule has 2 heterocycles. The van der Waals surface area contributed by atoms with Gasteiger partial charge in [0.05, 0.1) is 5.57 Å². The van der Waals surface area contributed by atoms with Crippen LogP contribution in [-0.2, 0) is 9.59 Å². The molecule has 1 N–H and O–H groups in total. The molecule has 1 aliphatic rings. The highest BCUT2D eigenvalue weighted by atomic mass is 35.5. The fourth-order valence-electron chi connectivity index (χ4n) is 1.22. The predicted octanol–water partition coefficient (Wildman–Crippen LogP) is 1.66. The Morgan fingerprint density at radius 1 is 1.29 bits per heavy atom. The van der Waals surface area contributed by atoms with Crippen LogP contribution >= 0.6 is 22.9 Å². The molecule has 1 aromatic rings. The van der Waals surface area contributed by atoms with Crippen molar-refractivity contribution in [1.29, 1.82) is 0 Å². The Labute approximate surface area is 89.4 Å². The molecule has 0 unspecified atom stereocenters. The van der Waals surface area contributed by atoms with Gasteiger partial charge in [0.1, 0.15) is 5.03 Å². The van der Waals surface area contributed by atoms with Gasteiger partial charge in [0, 0.05) is 9.75 Å². The highest BCUT2D eigenvalue weighted by Gasteiger charge is 2.30. The van der Waals surface area contributed by atoms with Crippen LogP contribution in [0.25, 0.3) is 5.57 Å². The molecule has 0 spiro atoms. The lowest BCUT2D eigenvalue weighted by molar-refractivity contribution is -0.123. The van der Waals surface area contributed by atoms with Gasteiger partial charge in [-0.25, -0.2) is 0 Å². The number of carbonyl (C=O) groups is 2. The summed E-state index contributed by atoms with van der Waals surface area (Å²) < 4.78 is 0. The third kappa shape index (κ3) is 1.36. The van der Waals surface area contributed by atoms with E-state index in [1.165, 1.54) is 11.3 Å². The molecule has 2 amide bonds. The summed E-state index contributed by atoms with van der Waals surface area (Å²) in [5.41, 5.74) is 0.287. The summed E-state index contributed by atoms with van der Waals surface area (Å²) in [4.78, 5) is 24.2. The van der Waals surface area contributed by atoms with E-state index < -0.39 is 11.8 Å². The van der Waals surface area contributed by atoms with Crippen molar-refractivity contribution in [2.45, 2.75) is 6.92 Å². The molecule has 3 nitrogen and oxygen atoms in total. The Morgan fingerprint density at radius 2 is 2.00 bits per heavy atom. The SMILES string of the molecule is Cc1ccc(C2=C(Cl)C(=O)NC2=O)s1. The molecule has 0 atom stereocenters. The van der Waals surface area contributed by atoms with Crippen LogP contribution in [0.15, 0.2) is 17.2 Å². The van der Waals surface area contributed by atoms with Crippen molar-refractivity contribution in [3.8, 4) is 0 Å². The van der Waals surface area contributed by atoms with Gasteiger partial charge in [0.2, 0.25) is 0 Å². The van der Waals surface area contributed by atoms with Crippen LogP contribution in [0, 0.1) is 6.92 Å². The molecule has 0 aromatic carbocycles. The quantitative estimate of drug-likeness (QED) is 0.742. The lowest BCUT2D eigenvalue weighted by Gasteiger charge is -1.93. The number of halogens is 1. The van der Waals surface area contributed by atoms with Gasteiger partial charge < -0.3 is 0 Å². The van der Waals surface area contributed by atoms with E-state index in [0.717, 1.165) is 9.75 Å². The fraction of sp³-hybridized carbons (Fsp3) is 0.111. The van der Waals surface area contributed by atoms with Gasteiger partial charge in [-0.3, -0.25) is 14.9 Å². The maximum atomic E-state index is 11.3. The van der Waals surface area contributed by atoms with E-state index in [9.17, 15) is 9.59 Å². The first-order valence-electron chi connectivity index (χ1n) is 3.92. The lowest BCUT2D eigenvalue weighted by atomic mass is 10.2. The van der Waals surface area contributed by atoms with Gasteiger partial charge in [-0.1, -0.05) is 11.6 Å². The number of rotatable bonds is 1. The van der Waals surface area contributed by atoms with Gasteiger partial charge in [0.25, 0.3) is 11.8 Å². The van der Waals surface area contributed by atoms with Crippen LogP contribution in [0.2, 0.25) is 0 Å². The summed E-state index contributed by atoms with van der Waals surface area (Å²) in [7, 11) is 0. The summed E-state index contributed by atoms with van der Waals surface area (Å²) in [5.74, 6) is -0.931. The van der Waals surface area contributed by atoms with E-state index in [4.69, 9.17) is 11.6 Å². The molecular weight excluding hydrogens is 222 g/mol. The standard InChI is InChI=1S/C9H6ClNO2S/c1-4-2-3-5(14-4)6-7(10)9(13)11-8(6)12/h2-3H,1H3,(H,11,12,13). The van der Waals surface area contributed by atoms with Gasteiger partial charge in [-0.2, -0.15) is 0 Å². The first kappa shape index (κ1) is 9.43. The Hall–Kier alpha value is -1.13. The maximum absolute atomic E-state index is 11.3. The number of hydrogen-bond donors (Lipinski definition) is 1. The highest BCUT2D eigenvalue weighted by molar-refractivity contribution is 7.13. The van der Waals surface area contributed by atoms with Crippen molar-refractivity contribution in [3.05, 3.63) is 26.9 Å². The third-order valence-electron chi connectivity index (χ3n) is 1.86. The van der Waals surface area contributed by atoms with Crippen LogP contribution in [0.3, 0.4) is 0 Å². The highest BCUT2D eigenvalue weighted by Crippen LogP contribution is 2.30. The molecule has 2 rings (SSSR count). The molecule has 0 saturated heterocycles. The molecule has 0 aliphatic carbocycles. The minimum Gasteiger partial charge on any atom is -0.287 e. The number of amides is 2. The minimum atomic E-state index is -0.516. The van der Waals surface area contributed by atoms with Crippen molar-refractivity contribution in [2.75, 3.05) is 0 Å². The van der Waals surface area contributed by atoms with Crippen LogP contribution in [0.5, 0.6) is 0 Å². The van der Waals surface area contributed by atoms with Gasteiger partial charge in [-0.15, -0.1) is 11.3 Å². The minimum absolute atomic E-state index is 0.0168. The zero-order valence-electron chi connectivity index (χ0n) is 7.26. The summed E-state index contributed by atoms with van der Waals surface area (Å²) in [6.45, 7) is 1.93. The zero-order valence-corrected chi connectivity index (χ0v) is 8.83. The largest absolute Gasteiger partial charge is 0.287 e. The van der Waals surface area contributed by atoms with Crippen LogP contribution in [0.1, 0.15) is 9.75 Å². The molecule has 1 aromatic heterocycles. The van der Waals surface area contributed by atoms with Crippen molar-refractivity contribution >= 4 is 40.3 Å². The Bertz CT molecular complexity index is 461. The molecular formula is C9H6ClNO2S. The third-order valence-corrected chi connectivity index (χ3v) is 3.24. The van der Waals surface area contributed by atoms with Gasteiger partial charge >= 0.3 is 0 Å². The molecule has 0 bridgehead atoms. The van der Waals surface area contributed by atoms with Crippen molar-refractivity contribution in [2.24, 2.45) is 0 Å². The number of thiophene rings is 1. The maximum Gasteiger partial charge on any atom is 0.270 e. The molecule has 14 heavy (non-hydrogen) atoms. The smallest absolute Gasteiger partial charge is 0.270 e. The summed E-state index contributed by atoms with van der Waals surface area (Å²) in [6, 6.07) is 3.67. The van der Waals surface area contributed by atoms with E-state index in [1.54, 1.807) is 6.07 Å².